The predicted octanol–water partition coefficient (Wildman–Crippen LogP) is 5.00. The van der Waals surface area contributed by atoms with Gasteiger partial charge >= 0.3 is 0 Å². The van der Waals surface area contributed by atoms with Crippen molar-refractivity contribution >= 4 is 33.3 Å². The highest BCUT2D eigenvalue weighted by Crippen LogP contribution is 2.26. The van der Waals surface area contributed by atoms with Crippen LogP contribution >= 0.6 is 15.9 Å². The molecule has 3 aromatic heterocycles. The molecule has 0 radical (unpaired) electrons. The van der Waals surface area contributed by atoms with Gasteiger partial charge in [-0.1, -0.05) is 18.2 Å². The molecule has 0 saturated carbocycles. The van der Waals surface area contributed by atoms with E-state index in [1.54, 1.807) is 18.2 Å². The minimum absolute atomic E-state index is 0.0682. The largest absolute Gasteiger partial charge is 0.303 e. The summed E-state index contributed by atoms with van der Waals surface area (Å²) in [5.74, 6) is -1.18. The Morgan fingerprint density at radius 3 is 2.53 bits per heavy atom. The third kappa shape index (κ3) is 4.33. The van der Waals surface area contributed by atoms with E-state index in [1.165, 1.54) is 16.9 Å². The number of carbonyl (C=O) groups excluding carboxylic acids is 1. The number of hydrogen-bond donors (Lipinski definition) is 1. The van der Waals surface area contributed by atoms with Crippen molar-refractivity contribution in [2.45, 2.75) is 19.4 Å². The van der Waals surface area contributed by atoms with Crippen LogP contribution < -0.4 is 5.32 Å². The van der Waals surface area contributed by atoms with Gasteiger partial charge in [-0.15, -0.1) is 0 Å². The molecule has 0 fully saturated rings. The zero-order valence-corrected chi connectivity index (χ0v) is 17.4. The van der Waals surface area contributed by atoms with Gasteiger partial charge in [0, 0.05) is 17.8 Å². The van der Waals surface area contributed by atoms with E-state index in [0.717, 1.165) is 6.07 Å². The number of nitrogens with zero attached hydrogens (tertiary/aromatic N) is 5. The molecule has 32 heavy (non-hydrogen) atoms. The number of carbonyl (C=O) groups is 1. The summed E-state index contributed by atoms with van der Waals surface area (Å²) in [6.07, 6.45) is -4.67. The van der Waals surface area contributed by atoms with E-state index in [2.05, 4.69) is 36.4 Å². The van der Waals surface area contributed by atoms with Crippen molar-refractivity contribution in [1.29, 1.82) is 0 Å². The summed E-state index contributed by atoms with van der Waals surface area (Å²) in [5, 5.41) is 10.4. The minimum Gasteiger partial charge on any atom is -0.303 e. The number of halogens is 6. The first kappa shape index (κ1) is 21.9. The first-order chi connectivity index (χ1) is 15.2. The highest BCUT2D eigenvalue weighted by atomic mass is 79.9. The number of fused-ring (bicyclic) bond motifs is 1. The number of alkyl halides is 4. The van der Waals surface area contributed by atoms with Crippen LogP contribution in [-0.4, -0.2) is 30.3 Å². The number of hydrogen-bond acceptors (Lipinski definition) is 4. The van der Waals surface area contributed by atoms with Gasteiger partial charge in [-0.2, -0.15) is 10.2 Å². The van der Waals surface area contributed by atoms with Gasteiger partial charge in [0.2, 0.25) is 0 Å². The Labute approximate surface area is 185 Å². The fourth-order valence-electron chi connectivity index (χ4n) is 2.93. The van der Waals surface area contributed by atoms with Crippen LogP contribution in [0.4, 0.5) is 27.8 Å². The Morgan fingerprint density at radius 2 is 1.84 bits per heavy atom. The lowest BCUT2D eigenvalue weighted by Gasteiger charge is -2.06. The molecule has 0 bridgehead atoms. The molecule has 0 aliphatic heterocycles. The summed E-state index contributed by atoms with van der Waals surface area (Å²) in [6.45, 7) is 0.0909. The van der Waals surface area contributed by atoms with Gasteiger partial charge < -0.3 is 5.32 Å². The van der Waals surface area contributed by atoms with Crippen molar-refractivity contribution in [1.82, 2.24) is 24.4 Å². The van der Waals surface area contributed by atoms with Crippen LogP contribution in [0.15, 0.2) is 47.1 Å². The molecule has 0 spiro atoms. The fraction of sp³-hybridized carbons (Fsp3) is 0.158. The second kappa shape index (κ2) is 8.65. The van der Waals surface area contributed by atoms with Crippen molar-refractivity contribution in [3.63, 3.8) is 0 Å². The zero-order chi connectivity index (χ0) is 23.0. The monoisotopic (exact) mass is 514 g/mol. The summed E-state index contributed by atoms with van der Waals surface area (Å²) in [7, 11) is 0. The maximum absolute atomic E-state index is 13.8. The SMILES string of the molecule is O=C(Nc1nn(Cc2ccccc2F)cc1Br)c1cc2nc(C(F)F)cc(C(F)F)n2n1. The summed E-state index contributed by atoms with van der Waals surface area (Å²) in [5.41, 5.74) is -1.95. The van der Waals surface area contributed by atoms with E-state index in [4.69, 9.17) is 0 Å². The van der Waals surface area contributed by atoms with Gasteiger partial charge in [0.25, 0.3) is 18.8 Å². The summed E-state index contributed by atoms with van der Waals surface area (Å²) < 4.78 is 68.7. The Balaban J connectivity index is 1.60. The van der Waals surface area contributed by atoms with Gasteiger partial charge in [-0.05, 0) is 28.1 Å². The molecule has 13 heteroatoms. The highest BCUT2D eigenvalue weighted by molar-refractivity contribution is 9.10. The Bertz CT molecular complexity index is 1300. The molecular formula is C19H12BrF5N6O. The van der Waals surface area contributed by atoms with E-state index in [-0.39, 0.29) is 23.7 Å². The van der Waals surface area contributed by atoms with Crippen LogP contribution in [0, 0.1) is 5.82 Å². The van der Waals surface area contributed by atoms with E-state index in [9.17, 15) is 26.7 Å². The fourth-order valence-corrected chi connectivity index (χ4v) is 3.35. The van der Waals surface area contributed by atoms with Gasteiger partial charge in [0.05, 0.1) is 11.0 Å². The summed E-state index contributed by atoms with van der Waals surface area (Å²) in [4.78, 5) is 16.2. The van der Waals surface area contributed by atoms with Crippen molar-refractivity contribution in [2.24, 2.45) is 0 Å². The minimum atomic E-state index is -3.11. The number of rotatable bonds is 6. The molecule has 4 rings (SSSR count). The average molecular weight is 515 g/mol. The standard InChI is InChI=1S/C19H12BrF5N6O/c20-10-8-30(7-9-3-1-2-4-11(9)21)29-18(10)27-19(32)13-6-15-26-12(16(22)23)5-14(17(24)25)31(15)28-13/h1-6,8,16-17H,7H2,(H,27,29,32). The second-order valence-corrected chi connectivity index (χ2v) is 7.43. The lowest BCUT2D eigenvalue weighted by Crippen LogP contribution is -2.14. The molecular weight excluding hydrogens is 503 g/mol. The lowest BCUT2D eigenvalue weighted by atomic mass is 10.2. The Kier molecular flexibility index (Phi) is 5.91. The molecule has 1 amide bonds. The van der Waals surface area contributed by atoms with Crippen LogP contribution in [0.25, 0.3) is 5.65 Å². The number of aromatic nitrogens is 5. The first-order valence-corrected chi connectivity index (χ1v) is 9.77. The van der Waals surface area contributed by atoms with Gasteiger partial charge in [-0.25, -0.2) is 31.5 Å². The molecule has 0 atom stereocenters. The predicted molar refractivity (Wildman–Crippen MR) is 106 cm³/mol. The normalized spacial score (nSPS) is 11.6. The van der Waals surface area contributed by atoms with Crippen LogP contribution in [0.2, 0.25) is 0 Å². The Hall–Kier alpha value is -3.35. The molecule has 3 heterocycles. The topological polar surface area (TPSA) is 77.1 Å². The van der Waals surface area contributed by atoms with Crippen LogP contribution in [0.3, 0.4) is 0 Å². The maximum Gasteiger partial charge on any atom is 0.280 e. The molecule has 0 aliphatic carbocycles. The lowest BCUT2D eigenvalue weighted by molar-refractivity contribution is 0.102. The van der Waals surface area contributed by atoms with Gasteiger partial charge in [0.1, 0.15) is 17.2 Å². The summed E-state index contributed by atoms with van der Waals surface area (Å²) >= 11 is 3.23. The van der Waals surface area contributed by atoms with Crippen LogP contribution in [0.1, 0.15) is 40.3 Å². The van der Waals surface area contributed by atoms with Crippen molar-refractivity contribution in [2.75, 3.05) is 5.32 Å². The third-order valence-corrected chi connectivity index (χ3v) is 4.97. The molecule has 166 valence electrons. The maximum atomic E-state index is 13.8. The molecule has 7 nitrogen and oxygen atoms in total. The number of nitrogens with one attached hydrogen (secondary N) is 1. The second-order valence-electron chi connectivity index (χ2n) is 6.58. The first-order valence-electron chi connectivity index (χ1n) is 8.97. The Morgan fingerprint density at radius 1 is 1.09 bits per heavy atom. The zero-order valence-electron chi connectivity index (χ0n) is 15.8. The number of anilines is 1. The third-order valence-electron chi connectivity index (χ3n) is 4.39. The molecule has 1 N–H and O–H groups in total. The molecule has 0 saturated heterocycles. The van der Waals surface area contributed by atoms with Gasteiger partial charge in [0.15, 0.2) is 17.2 Å². The number of benzene rings is 1. The van der Waals surface area contributed by atoms with E-state index < -0.39 is 36.0 Å². The molecule has 1 aromatic carbocycles. The summed E-state index contributed by atoms with van der Waals surface area (Å²) in [6, 6.07) is 7.67. The smallest absolute Gasteiger partial charge is 0.280 e. The highest BCUT2D eigenvalue weighted by Gasteiger charge is 2.23. The van der Waals surface area contributed by atoms with E-state index >= 15 is 0 Å². The van der Waals surface area contributed by atoms with Crippen LogP contribution in [0.5, 0.6) is 0 Å². The van der Waals surface area contributed by atoms with Crippen molar-refractivity contribution in [3.8, 4) is 0 Å². The quantitative estimate of drug-likeness (QED) is 0.367. The molecule has 0 aliphatic rings. The van der Waals surface area contributed by atoms with Gasteiger partial charge in [-0.3, -0.25) is 9.48 Å². The number of amides is 1. The molecule has 0 unspecified atom stereocenters. The van der Waals surface area contributed by atoms with Crippen LogP contribution in [-0.2, 0) is 6.54 Å². The van der Waals surface area contributed by atoms with Crippen molar-refractivity contribution in [3.05, 3.63) is 75.5 Å². The molecule has 4 aromatic rings. The van der Waals surface area contributed by atoms with E-state index in [0.29, 0.717) is 20.6 Å². The van der Waals surface area contributed by atoms with E-state index in [1.807, 2.05) is 0 Å². The average Bonchev–Trinajstić information content (AvgIpc) is 3.32. The van der Waals surface area contributed by atoms with Crippen molar-refractivity contribution < 1.29 is 26.7 Å².